The van der Waals surface area contributed by atoms with Crippen LogP contribution in [0.1, 0.15) is 42.9 Å². The molecule has 0 heterocycles. The van der Waals surface area contributed by atoms with E-state index in [-0.39, 0.29) is 5.82 Å². The highest BCUT2D eigenvalue weighted by molar-refractivity contribution is 5.92. The van der Waals surface area contributed by atoms with E-state index < -0.39 is 0 Å². The number of rotatable bonds is 8. The lowest BCUT2D eigenvalue weighted by molar-refractivity contribution is 0.505. The van der Waals surface area contributed by atoms with Crippen LogP contribution in [-0.2, 0) is 0 Å². The molecule has 29 heavy (non-hydrogen) atoms. The van der Waals surface area contributed by atoms with Crippen LogP contribution in [0.5, 0.6) is 0 Å². The molecule has 0 saturated heterocycles. The summed E-state index contributed by atoms with van der Waals surface area (Å²) in [5.74, 6) is 5.13. The molecule has 5 heteroatoms. The number of unbranched alkanes of at least 4 members (excludes halogenated alkanes) is 2. The summed E-state index contributed by atoms with van der Waals surface area (Å²) in [6.45, 7) is 8.84. The summed E-state index contributed by atoms with van der Waals surface area (Å²) in [5.41, 5.74) is 4.94. The van der Waals surface area contributed by atoms with Gasteiger partial charge in [0.15, 0.2) is 0 Å². The van der Waals surface area contributed by atoms with E-state index in [2.05, 4.69) is 23.9 Å². The summed E-state index contributed by atoms with van der Waals surface area (Å²) >= 11 is 0. The minimum Gasteiger partial charge on any atom is -0.385 e. The lowest BCUT2D eigenvalue weighted by Gasteiger charge is -2.16. The molecule has 0 radical (unpaired) electrons. The third-order valence-electron chi connectivity index (χ3n) is 4.24. The van der Waals surface area contributed by atoms with E-state index >= 15 is 0 Å². The van der Waals surface area contributed by atoms with Crippen LogP contribution in [0.2, 0.25) is 0 Å². The lowest BCUT2D eigenvalue weighted by Crippen LogP contribution is -2.06. The molecule has 0 aliphatic carbocycles. The van der Waals surface area contributed by atoms with Gasteiger partial charge < -0.3 is 16.1 Å². The molecule has 0 fully saturated rings. The van der Waals surface area contributed by atoms with Gasteiger partial charge in [0.05, 0.1) is 6.21 Å². The Labute approximate surface area is 175 Å². The van der Waals surface area contributed by atoms with Crippen molar-refractivity contribution in [2.75, 3.05) is 33.0 Å². The number of anilines is 1. The smallest absolute Gasteiger partial charge is 0.131 e. The van der Waals surface area contributed by atoms with E-state index in [0.717, 1.165) is 47.3 Å². The Balaban J connectivity index is 0.000000960. The van der Waals surface area contributed by atoms with Crippen molar-refractivity contribution in [3.63, 3.8) is 0 Å². The zero-order valence-electron chi connectivity index (χ0n) is 18.4. The number of aryl methyl sites for hydroxylation is 1. The minimum atomic E-state index is -0.237. The van der Waals surface area contributed by atoms with Crippen LogP contribution in [0, 0.1) is 12.7 Å². The van der Waals surface area contributed by atoms with Crippen molar-refractivity contribution in [2.24, 2.45) is 10.9 Å². The number of nitrogens with one attached hydrogen (secondary N) is 1. The topological polar surface area (TPSA) is 53.6 Å². The van der Waals surface area contributed by atoms with Gasteiger partial charge in [-0.15, -0.1) is 0 Å². The van der Waals surface area contributed by atoms with Crippen LogP contribution in [0.4, 0.5) is 10.1 Å². The maximum atomic E-state index is 14.4. The molecule has 0 bridgehead atoms. The van der Waals surface area contributed by atoms with Gasteiger partial charge in [0.25, 0.3) is 0 Å². The van der Waals surface area contributed by atoms with E-state index in [4.69, 9.17) is 5.84 Å². The highest BCUT2D eigenvalue weighted by atomic mass is 19.1. The lowest BCUT2D eigenvalue weighted by atomic mass is 9.94. The largest absolute Gasteiger partial charge is 0.385 e. The Morgan fingerprint density at radius 3 is 2.45 bits per heavy atom. The predicted molar refractivity (Wildman–Crippen MR) is 126 cm³/mol. The number of hydrogen-bond donors (Lipinski definition) is 2. The van der Waals surface area contributed by atoms with Crippen molar-refractivity contribution in [3.05, 3.63) is 59.4 Å². The van der Waals surface area contributed by atoms with Crippen LogP contribution < -0.4 is 11.2 Å². The van der Waals surface area contributed by atoms with Gasteiger partial charge in [-0.3, -0.25) is 0 Å². The van der Waals surface area contributed by atoms with Crippen LogP contribution in [0.25, 0.3) is 17.2 Å². The molecule has 2 aromatic rings. The minimum absolute atomic E-state index is 0.237. The molecule has 0 aliphatic rings. The SMILES string of the molecule is C=Cc1c(/C=N\N)cc(-c2c(C)cccc2F)cc1NCCCCC.CN(C)C. The highest BCUT2D eigenvalue weighted by Gasteiger charge is 2.13. The van der Waals surface area contributed by atoms with Gasteiger partial charge in [0.1, 0.15) is 5.82 Å². The fourth-order valence-corrected chi connectivity index (χ4v) is 2.98. The molecule has 2 aromatic carbocycles. The third kappa shape index (κ3) is 7.70. The van der Waals surface area contributed by atoms with Gasteiger partial charge in [-0.1, -0.05) is 44.6 Å². The van der Waals surface area contributed by atoms with E-state index in [1.165, 1.54) is 12.5 Å². The fraction of sp³-hybridized carbons (Fsp3) is 0.375. The number of halogens is 1. The van der Waals surface area contributed by atoms with Crippen LogP contribution in [-0.4, -0.2) is 38.8 Å². The van der Waals surface area contributed by atoms with Crippen LogP contribution in [0.3, 0.4) is 0 Å². The molecule has 0 unspecified atom stereocenters. The Morgan fingerprint density at radius 2 is 1.90 bits per heavy atom. The Hall–Kier alpha value is -2.66. The molecule has 0 atom stereocenters. The van der Waals surface area contributed by atoms with E-state index in [0.29, 0.717) is 5.56 Å². The van der Waals surface area contributed by atoms with Crippen molar-refractivity contribution in [3.8, 4) is 11.1 Å². The maximum absolute atomic E-state index is 14.4. The first-order valence-electron chi connectivity index (χ1n) is 9.99. The molecular weight excluding hydrogens is 363 g/mol. The molecule has 0 saturated carbocycles. The van der Waals surface area contributed by atoms with Gasteiger partial charge in [-0.25, -0.2) is 4.39 Å². The van der Waals surface area contributed by atoms with Gasteiger partial charge in [-0.05, 0) is 63.8 Å². The molecule has 4 nitrogen and oxygen atoms in total. The maximum Gasteiger partial charge on any atom is 0.131 e. The second kappa shape index (κ2) is 12.7. The number of benzene rings is 2. The third-order valence-corrected chi connectivity index (χ3v) is 4.24. The Bertz CT molecular complexity index is 790. The Morgan fingerprint density at radius 1 is 1.21 bits per heavy atom. The number of hydrazone groups is 1. The fourth-order valence-electron chi connectivity index (χ4n) is 2.98. The van der Waals surface area contributed by atoms with Gasteiger partial charge >= 0.3 is 0 Å². The van der Waals surface area contributed by atoms with Gasteiger partial charge in [0, 0.05) is 28.9 Å². The summed E-state index contributed by atoms with van der Waals surface area (Å²) in [7, 11) is 6.00. The Kier molecular flexibility index (Phi) is 10.7. The quantitative estimate of drug-likeness (QED) is 0.266. The van der Waals surface area contributed by atoms with E-state index in [1.807, 2.05) is 51.2 Å². The average Bonchev–Trinajstić information content (AvgIpc) is 2.65. The molecule has 0 amide bonds. The second-order valence-corrected chi connectivity index (χ2v) is 7.42. The second-order valence-electron chi connectivity index (χ2n) is 7.42. The first-order chi connectivity index (χ1) is 13.8. The summed E-state index contributed by atoms with van der Waals surface area (Å²) in [4.78, 5) is 2.00. The van der Waals surface area contributed by atoms with Gasteiger partial charge in [-0.2, -0.15) is 5.10 Å². The summed E-state index contributed by atoms with van der Waals surface area (Å²) in [5, 5.41) is 7.10. The monoisotopic (exact) mass is 398 g/mol. The summed E-state index contributed by atoms with van der Waals surface area (Å²) < 4.78 is 14.4. The number of nitrogens with two attached hydrogens (primary N) is 1. The predicted octanol–water partition coefficient (Wildman–Crippen LogP) is 5.52. The molecule has 158 valence electrons. The van der Waals surface area contributed by atoms with Crippen molar-refractivity contribution < 1.29 is 4.39 Å². The van der Waals surface area contributed by atoms with Crippen molar-refractivity contribution in [1.82, 2.24) is 4.90 Å². The molecule has 0 aliphatic heterocycles. The van der Waals surface area contributed by atoms with E-state index in [9.17, 15) is 4.39 Å². The van der Waals surface area contributed by atoms with Crippen molar-refractivity contribution in [2.45, 2.75) is 33.1 Å². The first kappa shape index (κ1) is 24.4. The zero-order chi connectivity index (χ0) is 21.8. The number of nitrogens with zero attached hydrogens (tertiary/aromatic N) is 2. The first-order valence-corrected chi connectivity index (χ1v) is 9.99. The standard InChI is InChI=1S/C21H26FN3.C3H9N/c1-4-6-7-11-24-20-13-16(12-17(14-25-23)18(20)5-2)21-15(3)9-8-10-19(21)22;1-4(2)3/h5,8-10,12-14,24H,2,4,6-7,11,23H2,1,3H3;1-3H3/b25-14-;. The van der Waals surface area contributed by atoms with Crippen LogP contribution >= 0.6 is 0 Å². The molecule has 0 aromatic heterocycles. The normalized spacial score (nSPS) is 10.7. The molecule has 2 rings (SSSR count). The summed E-state index contributed by atoms with van der Waals surface area (Å²) in [6, 6.07) is 8.98. The van der Waals surface area contributed by atoms with Crippen LogP contribution in [0.15, 0.2) is 42.0 Å². The average molecular weight is 399 g/mol. The molecular formula is C24H35FN4. The zero-order valence-corrected chi connectivity index (χ0v) is 18.4. The van der Waals surface area contributed by atoms with Crippen molar-refractivity contribution in [1.29, 1.82) is 0 Å². The number of hydrogen-bond acceptors (Lipinski definition) is 4. The molecule has 0 spiro atoms. The van der Waals surface area contributed by atoms with E-state index in [1.54, 1.807) is 18.4 Å². The van der Waals surface area contributed by atoms with Crippen molar-refractivity contribution >= 4 is 18.0 Å². The summed E-state index contributed by atoms with van der Waals surface area (Å²) in [6.07, 6.45) is 6.76. The van der Waals surface area contributed by atoms with Gasteiger partial charge in [0.2, 0.25) is 0 Å². The highest BCUT2D eigenvalue weighted by Crippen LogP contribution is 2.32. The molecule has 3 N–H and O–H groups in total.